The highest BCUT2D eigenvalue weighted by molar-refractivity contribution is 5.85. The highest BCUT2D eigenvalue weighted by Gasteiger charge is 2.21. The van der Waals surface area contributed by atoms with Crippen LogP contribution in [0.1, 0.15) is 29.9 Å². The van der Waals surface area contributed by atoms with Crippen LogP contribution in [0.25, 0.3) is 27.8 Å². The lowest BCUT2D eigenvalue weighted by Crippen LogP contribution is -2.28. The van der Waals surface area contributed by atoms with Gasteiger partial charge in [-0.3, -0.25) is 9.36 Å². The Labute approximate surface area is 195 Å². The lowest BCUT2D eigenvalue weighted by atomic mass is 10.1. The molecule has 4 N–H and O–H groups in total. The normalized spacial score (nSPS) is 12.0. The molecular formula is C23H23ClN8O. The molecule has 0 saturated carbocycles. The Morgan fingerprint density at radius 3 is 2.58 bits per heavy atom. The van der Waals surface area contributed by atoms with Crippen LogP contribution in [-0.4, -0.2) is 29.5 Å². The third-order valence-electron chi connectivity index (χ3n) is 5.53. The number of halogens is 1. The summed E-state index contributed by atoms with van der Waals surface area (Å²) in [6.45, 7) is 5.83. The Bertz CT molecular complexity index is 1540. The van der Waals surface area contributed by atoms with Gasteiger partial charge in [-0.1, -0.05) is 30.3 Å². The van der Waals surface area contributed by atoms with Crippen molar-refractivity contribution >= 4 is 46.2 Å². The number of fused-ring (bicyclic) bond motifs is 2. The largest absolute Gasteiger partial charge is 0.368 e. The van der Waals surface area contributed by atoms with Gasteiger partial charge < -0.3 is 16.0 Å². The van der Waals surface area contributed by atoms with Gasteiger partial charge in [-0.15, -0.1) is 12.4 Å². The van der Waals surface area contributed by atoms with Gasteiger partial charge in [0.2, 0.25) is 5.95 Å². The minimum atomic E-state index is -0.381. The zero-order valence-electron chi connectivity index (χ0n) is 18.3. The standard InChI is InChI=1S/C23H22N8O.ClH/c1-12-7-4-5-10-16(12)31-21(28-15-9-6-8-13(2)17(15)22(31)32)14(3)27-20-18-19(26-11-25-18)29-23(24)30-20;/h4-11,14H,1-3H3,(H4,24,25,26,27,29,30);1H. The Hall–Kier alpha value is -3.98. The fourth-order valence-electron chi connectivity index (χ4n) is 3.97. The van der Waals surface area contributed by atoms with E-state index in [-0.39, 0.29) is 30.0 Å². The first kappa shape index (κ1) is 22.2. The number of hydrogen-bond donors (Lipinski definition) is 3. The molecule has 10 heteroatoms. The number of para-hydroxylation sites is 1. The van der Waals surface area contributed by atoms with Crippen LogP contribution in [0.15, 0.2) is 53.6 Å². The molecule has 1 unspecified atom stereocenters. The lowest BCUT2D eigenvalue weighted by molar-refractivity contribution is 0.730. The van der Waals surface area contributed by atoms with Crippen LogP contribution >= 0.6 is 12.4 Å². The summed E-state index contributed by atoms with van der Waals surface area (Å²) in [4.78, 5) is 34.3. The van der Waals surface area contributed by atoms with Crippen molar-refractivity contribution < 1.29 is 0 Å². The number of hydrogen-bond acceptors (Lipinski definition) is 7. The maximum absolute atomic E-state index is 13.7. The smallest absolute Gasteiger partial charge is 0.266 e. The summed E-state index contributed by atoms with van der Waals surface area (Å²) in [7, 11) is 0. The number of aromatic nitrogens is 6. The van der Waals surface area contributed by atoms with Crippen molar-refractivity contribution in [2.24, 2.45) is 0 Å². The number of aryl methyl sites for hydroxylation is 2. The van der Waals surface area contributed by atoms with Gasteiger partial charge >= 0.3 is 0 Å². The van der Waals surface area contributed by atoms with E-state index in [4.69, 9.17) is 10.7 Å². The monoisotopic (exact) mass is 462 g/mol. The molecule has 3 heterocycles. The maximum atomic E-state index is 13.7. The van der Waals surface area contributed by atoms with Gasteiger partial charge in [-0.2, -0.15) is 9.97 Å². The van der Waals surface area contributed by atoms with E-state index in [1.54, 1.807) is 4.57 Å². The van der Waals surface area contributed by atoms with E-state index in [1.165, 1.54) is 6.33 Å². The van der Waals surface area contributed by atoms with E-state index in [9.17, 15) is 4.79 Å². The molecule has 168 valence electrons. The minimum Gasteiger partial charge on any atom is -0.368 e. The average molecular weight is 463 g/mol. The van der Waals surface area contributed by atoms with Crippen LogP contribution in [-0.2, 0) is 0 Å². The van der Waals surface area contributed by atoms with E-state index >= 15 is 0 Å². The fourth-order valence-corrected chi connectivity index (χ4v) is 3.97. The van der Waals surface area contributed by atoms with Gasteiger partial charge in [0.15, 0.2) is 11.5 Å². The number of nitrogen functional groups attached to an aromatic ring is 1. The zero-order valence-corrected chi connectivity index (χ0v) is 19.1. The van der Waals surface area contributed by atoms with Crippen molar-refractivity contribution in [2.75, 3.05) is 11.1 Å². The van der Waals surface area contributed by atoms with Crippen LogP contribution in [0.2, 0.25) is 0 Å². The highest BCUT2D eigenvalue weighted by Crippen LogP contribution is 2.26. The molecule has 33 heavy (non-hydrogen) atoms. The molecule has 0 radical (unpaired) electrons. The molecule has 0 amide bonds. The molecule has 0 aliphatic rings. The molecule has 9 nitrogen and oxygen atoms in total. The Balaban J connectivity index is 0.00000259. The van der Waals surface area contributed by atoms with E-state index in [2.05, 4.69) is 25.3 Å². The molecule has 2 aromatic carbocycles. The number of nitrogens with two attached hydrogens (primary N) is 1. The molecule has 0 spiro atoms. The summed E-state index contributed by atoms with van der Waals surface area (Å²) in [5.41, 5.74) is 10.1. The summed E-state index contributed by atoms with van der Waals surface area (Å²) in [5, 5.41) is 3.95. The maximum Gasteiger partial charge on any atom is 0.266 e. The SMILES string of the molecule is Cc1ccccc1-n1c(C(C)Nc2nc(N)nc3nc[nH]c23)nc2cccc(C)c2c1=O.Cl. The second kappa shape index (κ2) is 8.51. The fraction of sp³-hybridized carbons (Fsp3) is 0.174. The van der Waals surface area contributed by atoms with Crippen LogP contribution in [0.3, 0.4) is 0 Å². The van der Waals surface area contributed by atoms with Crippen molar-refractivity contribution in [3.8, 4) is 5.69 Å². The number of H-pyrrole nitrogens is 1. The molecule has 5 aromatic rings. The molecule has 5 rings (SSSR count). The van der Waals surface area contributed by atoms with E-state index in [1.807, 2.05) is 63.2 Å². The molecule has 0 aliphatic heterocycles. The summed E-state index contributed by atoms with van der Waals surface area (Å²) >= 11 is 0. The van der Waals surface area contributed by atoms with E-state index in [0.717, 1.165) is 16.8 Å². The van der Waals surface area contributed by atoms with Crippen molar-refractivity contribution in [3.63, 3.8) is 0 Å². The van der Waals surface area contributed by atoms with Gasteiger partial charge in [0.05, 0.1) is 29.0 Å². The van der Waals surface area contributed by atoms with Gasteiger partial charge in [-0.05, 0) is 44.0 Å². The number of benzene rings is 2. The number of rotatable bonds is 4. The first-order valence-electron chi connectivity index (χ1n) is 10.3. The Morgan fingerprint density at radius 1 is 1.03 bits per heavy atom. The van der Waals surface area contributed by atoms with E-state index in [0.29, 0.717) is 33.7 Å². The number of anilines is 2. The van der Waals surface area contributed by atoms with Crippen LogP contribution in [0.4, 0.5) is 11.8 Å². The predicted octanol–water partition coefficient (Wildman–Crippen LogP) is 3.85. The van der Waals surface area contributed by atoms with Crippen molar-refractivity contribution in [2.45, 2.75) is 26.8 Å². The second-order valence-corrected chi connectivity index (χ2v) is 7.76. The summed E-state index contributed by atoms with van der Waals surface area (Å²) < 4.78 is 1.68. The average Bonchev–Trinajstić information content (AvgIpc) is 3.23. The summed E-state index contributed by atoms with van der Waals surface area (Å²) in [6.07, 6.45) is 1.54. The molecule has 0 aliphatic carbocycles. The quantitative estimate of drug-likeness (QED) is 0.370. The first-order valence-corrected chi connectivity index (χ1v) is 10.3. The molecule has 0 bridgehead atoms. The summed E-state index contributed by atoms with van der Waals surface area (Å²) in [5.74, 6) is 1.16. The van der Waals surface area contributed by atoms with Crippen molar-refractivity contribution in [1.29, 1.82) is 0 Å². The van der Waals surface area contributed by atoms with Gasteiger partial charge in [-0.25, -0.2) is 9.97 Å². The van der Waals surface area contributed by atoms with Crippen molar-refractivity contribution in [3.05, 3.63) is 76.1 Å². The molecule has 0 saturated heterocycles. The Morgan fingerprint density at radius 2 is 1.79 bits per heavy atom. The predicted molar refractivity (Wildman–Crippen MR) is 132 cm³/mol. The van der Waals surface area contributed by atoms with Crippen molar-refractivity contribution in [1.82, 2.24) is 29.5 Å². The third-order valence-corrected chi connectivity index (χ3v) is 5.53. The Kier molecular flexibility index (Phi) is 5.73. The first-order chi connectivity index (χ1) is 15.4. The zero-order chi connectivity index (χ0) is 22.4. The topological polar surface area (TPSA) is 127 Å². The van der Waals surface area contributed by atoms with Gasteiger partial charge in [0.25, 0.3) is 5.56 Å². The van der Waals surface area contributed by atoms with Crippen LogP contribution in [0, 0.1) is 13.8 Å². The minimum absolute atomic E-state index is 0. The van der Waals surface area contributed by atoms with Crippen LogP contribution < -0.4 is 16.6 Å². The number of nitrogens with zero attached hydrogens (tertiary/aromatic N) is 5. The third kappa shape index (κ3) is 3.76. The summed E-state index contributed by atoms with van der Waals surface area (Å²) in [6, 6.07) is 13.1. The second-order valence-electron chi connectivity index (χ2n) is 7.76. The lowest BCUT2D eigenvalue weighted by Gasteiger charge is -2.21. The van der Waals surface area contributed by atoms with Crippen LogP contribution in [0.5, 0.6) is 0 Å². The van der Waals surface area contributed by atoms with E-state index < -0.39 is 0 Å². The molecule has 1 atom stereocenters. The number of nitrogens with one attached hydrogen (secondary N) is 2. The van der Waals surface area contributed by atoms with Gasteiger partial charge in [0.1, 0.15) is 11.3 Å². The molecule has 3 aromatic heterocycles. The number of imidazole rings is 1. The molecule has 0 fully saturated rings. The van der Waals surface area contributed by atoms with Gasteiger partial charge in [0, 0.05) is 0 Å². The highest BCUT2D eigenvalue weighted by atomic mass is 35.5. The number of aromatic amines is 1. The molecular weight excluding hydrogens is 440 g/mol.